The van der Waals surface area contributed by atoms with Crippen molar-refractivity contribution in [1.29, 1.82) is 5.26 Å². The Morgan fingerprint density at radius 2 is 1.83 bits per heavy atom. The summed E-state index contributed by atoms with van der Waals surface area (Å²) in [5, 5.41) is 11.3. The van der Waals surface area contributed by atoms with E-state index in [2.05, 4.69) is 5.32 Å². The predicted octanol–water partition coefficient (Wildman–Crippen LogP) is 1.62. The fraction of sp³-hybridized carbons (Fsp3) is 0.750. The standard InChI is InChI=1S/C8H13IN2O/c1-7(2,5-10)11-6(12)8(3,4)9/h1-4H3,(H,11,12). The fourth-order valence-corrected chi connectivity index (χ4v) is 0.595. The summed E-state index contributed by atoms with van der Waals surface area (Å²) in [5.74, 6) is -0.116. The Morgan fingerprint density at radius 3 is 2.08 bits per heavy atom. The van der Waals surface area contributed by atoms with Gasteiger partial charge in [-0.25, -0.2) is 0 Å². The molecule has 0 fully saturated rings. The summed E-state index contributed by atoms with van der Waals surface area (Å²) in [6, 6.07) is 2.01. The first-order chi connectivity index (χ1) is 5.19. The summed E-state index contributed by atoms with van der Waals surface area (Å²) >= 11 is 2.04. The number of nitriles is 1. The number of hydrogen-bond donors (Lipinski definition) is 1. The zero-order valence-corrected chi connectivity index (χ0v) is 9.89. The normalized spacial score (nSPS) is 12.0. The third kappa shape index (κ3) is 3.90. The van der Waals surface area contributed by atoms with Gasteiger partial charge < -0.3 is 5.32 Å². The molecule has 0 aliphatic carbocycles. The lowest BCUT2D eigenvalue weighted by atomic mass is 10.1. The second kappa shape index (κ2) is 3.60. The molecule has 12 heavy (non-hydrogen) atoms. The van der Waals surface area contributed by atoms with Crippen molar-refractivity contribution >= 4 is 28.5 Å². The molecular formula is C8H13IN2O. The first-order valence-electron chi connectivity index (χ1n) is 3.62. The lowest BCUT2D eigenvalue weighted by Gasteiger charge is -2.23. The minimum absolute atomic E-state index is 0.116. The summed E-state index contributed by atoms with van der Waals surface area (Å²) in [6.07, 6.45) is 0. The number of nitrogens with zero attached hydrogens (tertiary/aromatic N) is 1. The largest absolute Gasteiger partial charge is 0.337 e. The van der Waals surface area contributed by atoms with E-state index >= 15 is 0 Å². The molecule has 0 bridgehead atoms. The SMILES string of the molecule is CC(C)(C#N)NC(=O)C(C)(C)I. The van der Waals surface area contributed by atoms with E-state index in [0.29, 0.717) is 0 Å². The van der Waals surface area contributed by atoms with Gasteiger partial charge in [-0.1, -0.05) is 22.6 Å². The molecule has 0 heterocycles. The summed E-state index contributed by atoms with van der Waals surface area (Å²) in [5.41, 5.74) is -0.778. The third-order valence-electron chi connectivity index (χ3n) is 1.25. The van der Waals surface area contributed by atoms with Crippen LogP contribution in [0.3, 0.4) is 0 Å². The molecule has 0 saturated heterocycles. The lowest BCUT2D eigenvalue weighted by molar-refractivity contribution is -0.123. The van der Waals surface area contributed by atoms with E-state index in [0.717, 1.165) is 0 Å². The van der Waals surface area contributed by atoms with E-state index in [1.165, 1.54) is 0 Å². The van der Waals surface area contributed by atoms with Gasteiger partial charge in [-0.2, -0.15) is 5.26 Å². The molecule has 68 valence electrons. The van der Waals surface area contributed by atoms with E-state index < -0.39 is 8.96 Å². The molecule has 0 rings (SSSR count). The van der Waals surface area contributed by atoms with Gasteiger partial charge >= 0.3 is 0 Å². The monoisotopic (exact) mass is 280 g/mol. The average molecular weight is 280 g/mol. The Kier molecular flexibility index (Phi) is 3.51. The Balaban J connectivity index is 4.33. The van der Waals surface area contributed by atoms with E-state index in [1.54, 1.807) is 27.7 Å². The molecule has 0 aliphatic rings. The lowest BCUT2D eigenvalue weighted by Crippen LogP contribution is -2.48. The average Bonchev–Trinajstić information content (AvgIpc) is 1.85. The van der Waals surface area contributed by atoms with Gasteiger partial charge in [0.25, 0.3) is 0 Å². The van der Waals surface area contributed by atoms with Crippen LogP contribution < -0.4 is 5.32 Å². The van der Waals surface area contributed by atoms with Gasteiger partial charge in [0.05, 0.1) is 9.49 Å². The van der Waals surface area contributed by atoms with Crippen LogP contribution >= 0.6 is 22.6 Å². The van der Waals surface area contributed by atoms with Crippen molar-refractivity contribution in [2.75, 3.05) is 0 Å². The molecule has 1 N–H and O–H groups in total. The van der Waals surface area contributed by atoms with Crippen LogP contribution in [0.2, 0.25) is 0 Å². The van der Waals surface area contributed by atoms with Crippen molar-refractivity contribution in [1.82, 2.24) is 5.32 Å². The minimum Gasteiger partial charge on any atom is -0.337 e. The smallest absolute Gasteiger partial charge is 0.236 e. The highest BCUT2D eigenvalue weighted by Crippen LogP contribution is 2.17. The van der Waals surface area contributed by atoms with Gasteiger partial charge in [0, 0.05) is 0 Å². The van der Waals surface area contributed by atoms with Gasteiger partial charge in [-0.15, -0.1) is 0 Å². The van der Waals surface area contributed by atoms with Gasteiger partial charge in [-0.05, 0) is 27.7 Å². The van der Waals surface area contributed by atoms with Crippen molar-refractivity contribution in [2.45, 2.75) is 36.7 Å². The summed E-state index contributed by atoms with van der Waals surface area (Å²) < 4.78 is -0.466. The highest BCUT2D eigenvalue weighted by atomic mass is 127. The van der Waals surface area contributed by atoms with Crippen molar-refractivity contribution in [3.63, 3.8) is 0 Å². The highest BCUT2D eigenvalue weighted by Gasteiger charge is 2.28. The van der Waals surface area contributed by atoms with Crippen LogP contribution in [0.4, 0.5) is 0 Å². The molecule has 1 amide bonds. The van der Waals surface area contributed by atoms with Crippen LogP contribution in [0.25, 0.3) is 0 Å². The molecule has 3 nitrogen and oxygen atoms in total. The van der Waals surface area contributed by atoms with E-state index in [-0.39, 0.29) is 5.91 Å². The van der Waals surface area contributed by atoms with Gasteiger partial charge in [0.1, 0.15) is 5.54 Å². The number of halogens is 1. The molecule has 0 aliphatic heterocycles. The van der Waals surface area contributed by atoms with Crippen molar-refractivity contribution in [2.24, 2.45) is 0 Å². The molecule has 4 heteroatoms. The van der Waals surface area contributed by atoms with Gasteiger partial charge in [0.15, 0.2) is 0 Å². The van der Waals surface area contributed by atoms with Crippen molar-refractivity contribution < 1.29 is 4.79 Å². The maximum absolute atomic E-state index is 11.4. The van der Waals surface area contributed by atoms with Crippen LogP contribution in [0.15, 0.2) is 0 Å². The number of nitrogens with one attached hydrogen (secondary N) is 1. The molecule has 0 spiro atoms. The van der Waals surface area contributed by atoms with Crippen LogP contribution in [-0.4, -0.2) is 14.9 Å². The summed E-state index contributed by atoms with van der Waals surface area (Å²) in [6.45, 7) is 6.95. The minimum atomic E-state index is -0.778. The van der Waals surface area contributed by atoms with Crippen LogP contribution in [-0.2, 0) is 4.79 Å². The zero-order chi connectivity index (χ0) is 9.99. The highest BCUT2D eigenvalue weighted by molar-refractivity contribution is 14.1. The molecule has 0 atom stereocenters. The summed E-state index contributed by atoms with van der Waals surface area (Å²) in [7, 11) is 0. The maximum atomic E-state index is 11.4. The Bertz CT molecular complexity index is 222. The predicted molar refractivity (Wildman–Crippen MR) is 55.9 cm³/mol. The molecular weight excluding hydrogens is 267 g/mol. The van der Waals surface area contributed by atoms with Crippen molar-refractivity contribution in [3.05, 3.63) is 0 Å². The fourth-order valence-electron chi connectivity index (χ4n) is 0.460. The molecule has 0 unspecified atom stereocenters. The second-order valence-electron chi connectivity index (χ2n) is 3.66. The number of amides is 1. The first-order valence-corrected chi connectivity index (χ1v) is 4.70. The number of carbonyl (C=O) groups is 1. The van der Waals surface area contributed by atoms with Crippen LogP contribution in [0.1, 0.15) is 27.7 Å². The van der Waals surface area contributed by atoms with Crippen LogP contribution in [0, 0.1) is 11.3 Å². The number of alkyl halides is 1. The molecule has 0 aromatic rings. The quantitative estimate of drug-likeness (QED) is 0.617. The van der Waals surface area contributed by atoms with E-state index in [9.17, 15) is 4.79 Å². The topological polar surface area (TPSA) is 52.9 Å². The molecule has 0 saturated carbocycles. The molecule has 0 radical (unpaired) electrons. The van der Waals surface area contributed by atoms with E-state index in [4.69, 9.17) is 5.26 Å². The second-order valence-corrected chi connectivity index (χ2v) is 6.36. The third-order valence-corrected chi connectivity index (χ3v) is 1.74. The van der Waals surface area contributed by atoms with Gasteiger partial charge in [-0.3, -0.25) is 4.79 Å². The Morgan fingerprint density at radius 1 is 1.42 bits per heavy atom. The number of rotatable bonds is 2. The molecule has 0 aromatic carbocycles. The van der Waals surface area contributed by atoms with Gasteiger partial charge in [0.2, 0.25) is 5.91 Å². The first kappa shape index (κ1) is 11.7. The van der Waals surface area contributed by atoms with Crippen molar-refractivity contribution in [3.8, 4) is 6.07 Å². The Labute approximate surface area is 86.7 Å². The Hall–Kier alpha value is -0.310. The molecule has 0 aromatic heterocycles. The zero-order valence-electron chi connectivity index (χ0n) is 7.73. The van der Waals surface area contributed by atoms with Crippen LogP contribution in [0.5, 0.6) is 0 Å². The number of hydrogen-bond acceptors (Lipinski definition) is 2. The number of carbonyl (C=O) groups excluding carboxylic acids is 1. The van der Waals surface area contributed by atoms with E-state index in [1.807, 2.05) is 28.7 Å². The maximum Gasteiger partial charge on any atom is 0.236 e. The summed E-state index contributed by atoms with van der Waals surface area (Å²) in [4.78, 5) is 11.4.